The molecule has 3 heterocycles. The molecule has 0 radical (unpaired) electrons. The van der Waals surface area contributed by atoms with Gasteiger partial charge in [-0.3, -0.25) is 4.90 Å². The van der Waals surface area contributed by atoms with E-state index in [0.717, 1.165) is 43.8 Å². The summed E-state index contributed by atoms with van der Waals surface area (Å²) >= 11 is 0. The number of fused-ring (bicyclic) bond motifs is 4. The predicted molar refractivity (Wildman–Crippen MR) is 106 cm³/mol. The van der Waals surface area contributed by atoms with Gasteiger partial charge in [-0.2, -0.15) is 13.2 Å². The molecule has 29 heavy (non-hydrogen) atoms. The molecule has 8 heteroatoms. The molecule has 4 rings (SSSR count). The summed E-state index contributed by atoms with van der Waals surface area (Å²) in [5.41, 5.74) is 0.912. The normalized spacial score (nSPS) is 19.1. The molecule has 2 aliphatic heterocycles. The van der Waals surface area contributed by atoms with Gasteiger partial charge in [0.2, 0.25) is 0 Å². The number of carbonyl (C=O) groups excluding carboxylic acids is 1. The fraction of sp³-hybridized carbons (Fsp3) is 0.429. The first-order valence-electron chi connectivity index (χ1n) is 9.81. The van der Waals surface area contributed by atoms with Gasteiger partial charge in [0.05, 0.1) is 23.0 Å². The number of halogens is 3. The lowest BCUT2D eigenvalue weighted by Gasteiger charge is -2.36. The molecular formula is C21H23F3N4O. The van der Waals surface area contributed by atoms with E-state index >= 15 is 0 Å². The van der Waals surface area contributed by atoms with Crippen LogP contribution in [0.5, 0.6) is 0 Å². The van der Waals surface area contributed by atoms with Gasteiger partial charge in [0.1, 0.15) is 0 Å². The van der Waals surface area contributed by atoms with Gasteiger partial charge in [-0.15, -0.1) is 0 Å². The zero-order valence-corrected chi connectivity index (χ0v) is 16.3. The molecule has 1 fully saturated rings. The highest BCUT2D eigenvalue weighted by atomic mass is 19.4. The average Bonchev–Trinajstić information content (AvgIpc) is 3.11. The van der Waals surface area contributed by atoms with Gasteiger partial charge in [0.25, 0.3) is 0 Å². The van der Waals surface area contributed by atoms with Crippen molar-refractivity contribution in [3.63, 3.8) is 0 Å². The first-order valence-corrected chi connectivity index (χ1v) is 9.81. The van der Waals surface area contributed by atoms with Gasteiger partial charge < -0.3 is 10.2 Å². The summed E-state index contributed by atoms with van der Waals surface area (Å²) in [5, 5.41) is 2.99. The van der Waals surface area contributed by atoms with Crippen LogP contribution in [0.2, 0.25) is 0 Å². The molecule has 0 aliphatic carbocycles. The van der Waals surface area contributed by atoms with Crippen LogP contribution < -0.4 is 15.1 Å². The van der Waals surface area contributed by atoms with E-state index < -0.39 is 11.7 Å². The highest BCUT2D eigenvalue weighted by Gasteiger charge is 2.40. The monoisotopic (exact) mass is 404 g/mol. The van der Waals surface area contributed by atoms with Gasteiger partial charge in [-0.05, 0) is 44.0 Å². The standard InChI is InChI=1S/C21H23F3N4O/c1-3-13(2)25-20(29)28-16-9-10-27(12-16)18-8-7-17(26-19(18)28)14-5-4-6-15(11-14)21(22,23)24/h4-8,11,13,16H,3,9-10,12H2,1-2H3,(H,25,29)/t13?,16-/m0/s1. The van der Waals surface area contributed by atoms with E-state index in [1.807, 2.05) is 19.9 Å². The number of urea groups is 1. The van der Waals surface area contributed by atoms with Crippen molar-refractivity contribution in [3.05, 3.63) is 42.0 Å². The SMILES string of the molecule is CCC(C)NC(=O)N1c2nc(-c3cccc(C(F)(F)F)c3)ccc2N2CC[C@H]1C2. The molecule has 0 saturated carbocycles. The Labute approximate surface area is 167 Å². The largest absolute Gasteiger partial charge is 0.416 e. The molecule has 0 spiro atoms. The van der Waals surface area contributed by atoms with Crippen LogP contribution in [0.15, 0.2) is 36.4 Å². The number of carbonyl (C=O) groups is 1. The topological polar surface area (TPSA) is 48.5 Å². The Morgan fingerprint density at radius 1 is 1.31 bits per heavy atom. The van der Waals surface area contributed by atoms with E-state index in [2.05, 4.69) is 15.2 Å². The van der Waals surface area contributed by atoms with Gasteiger partial charge in [-0.1, -0.05) is 19.1 Å². The molecule has 1 aromatic carbocycles. The van der Waals surface area contributed by atoms with Crippen LogP contribution in [0, 0.1) is 0 Å². The Hall–Kier alpha value is -2.77. The van der Waals surface area contributed by atoms with Crippen LogP contribution in [0.1, 0.15) is 32.3 Å². The molecule has 1 N–H and O–H groups in total. The van der Waals surface area contributed by atoms with E-state index in [9.17, 15) is 18.0 Å². The average molecular weight is 404 g/mol. The molecule has 2 bridgehead atoms. The van der Waals surface area contributed by atoms with Crippen LogP contribution >= 0.6 is 0 Å². The van der Waals surface area contributed by atoms with Crippen LogP contribution in [-0.2, 0) is 6.18 Å². The summed E-state index contributed by atoms with van der Waals surface area (Å²) in [6.07, 6.45) is -2.78. The smallest absolute Gasteiger partial charge is 0.366 e. The highest BCUT2D eigenvalue weighted by molar-refractivity contribution is 5.97. The van der Waals surface area contributed by atoms with Gasteiger partial charge >= 0.3 is 12.2 Å². The Bertz CT molecular complexity index is 930. The maximum absolute atomic E-state index is 13.1. The van der Waals surface area contributed by atoms with Crippen LogP contribution in [0.3, 0.4) is 0 Å². The number of amides is 2. The lowest BCUT2D eigenvalue weighted by Crippen LogP contribution is -2.52. The van der Waals surface area contributed by atoms with Crippen LogP contribution in [0.4, 0.5) is 29.5 Å². The predicted octanol–water partition coefficient (Wildman–Crippen LogP) is 4.67. The second-order valence-corrected chi connectivity index (χ2v) is 7.64. The summed E-state index contributed by atoms with van der Waals surface area (Å²) < 4.78 is 39.3. The fourth-order valence-corrected chi connectivity index (χ4v) is 3.87. The van der Waals surface area contributed by atoms with Crippen molar-refractivity contribution in [2.75, 3.05) is 22.9 Å². The number of aromatic nitrogens is 1. The third-order valence-corrected chi connectivity index (χ3v) is 5.64. The minimum absolute atomic E-state index is 0.0100. The number of hydrogen-bond acceptors (Lipinski definition) is 3. The fourth-order valence-electron chi connectivity index (χ4n) is 3.87. The zero-order valence-electron chi connectivity index (χ0n) is 16.3. The quantitative estimate of drug-likeness (QED) is 0.809. The van der Waals surface area contributed by atoms with Crippen molar-refractivity contribution < 1.29 is 18.0 Å². The van der Waals surface area contributed by atoms with E-state index in [0.29, 0.717) is 17.1 Å². The summed E-state index contributed by atoms with van der Waals surface area (Å²) in [7, 11) is 0. The molecule has 1 saturated heterocycles. The summed E-state index contributed by atoms with van der Waals surface area (Å²) in [6, 6.07) is 8.51. The molecular weight excluding hydrogens is 381 g/mol. The van der Waals surface area contributed by atoms with Gasteiger partial charge in [-0.25, -0.2) is 9.78 Å². The summed E-state index contributed by atoms with van der Waals surface area (Å²) in [4.78, 5) is 21.5. The summed E-state index contributed by atoms with van der Waals surface area (Å²) in [5.74, 6) is 0.509. The minimum Gasteiger partial charge on any atom is -0.366 e. The molecule has 154 valence electrons. The van der Waals surface area contributed by atoms with Crippen molar-refractivity contribution in [2.24, 2.45) is 0 Å². The van der Waals surface area contributed by atoms with Crippen molar-refractivity contribution in [1.29, 1.82) is 0 Å². The van der Waals surface area contributed by atoms with E-state index in [1.54, 1.807) is 17.0 Å². The first-order chi connectivity index (χ1) is 13.8. The second kappa shape index (κ2) is 7.24. The van der Waals surface area contributed by atoms with Crippen molar-refractivity contribution >= 4 is 17.5 Å². The van der Waals surface area contributed by atoms with Crippen molar-refractivity contribution in [1.82, 2.24) is 10.3 Å². The summed E-state index contributed by atoms with van der Waals surface area (Å²) in [6.45, 7) is 5.51. The van der Waals surface area contributed by atoms with E-state index in [1.165, 1.54) is 6.07 Å². The molecule has 2 aromatic rings. The molecule has 1 unspecified atom stereocenters. The van der Waals surface area contributed by atoms with Crippen LogP contribution in [-0.4, -0.2) is 36.2 Å². The number of hydrogen-bond donors (Lipinski definition) is 1. The Kier molecular flexibility index (Phi) is 4.88. The number of nitrogens with zero attached hydrogens (tertiary/aromatic N) is 3. The van der Waals surface area contributed by atoms with Crippen molar-refractivity contribution in [2.45, 2.75) is 44.9 Å². The lowest BCUT2D eigenvalue weighted by atomic mass is 10.1. The van der Waals surface area contributed by atoms with Gasteiger partial charge in [0, 0.05) is 24.7 Å². The number of anilines is 2. The molecule has 1 aromatic heterocycles. The molecule has 2 atom stereocenters. The van der Waals surface area contributed by atoms with Gasteiger partial charge in [0.15, 0.2) is 5.82 Å². The third kappa shape index (κ3) is 3.63. The highest BCUT2D eigenvalue weighted by Crippen LogP contribution is 2.40. The van der Waals surface area contributed by atoms with Crippen molar-refractivity contribution in [3.8, 4) is 11.3 Å². The van der Waals surface area contributed by atoms with Crippen LogP contribution in [0.25, 0.3) is 11.3 Å². The number of alkyl halides is 3. The first kappa shape index (κ1) is 19.5. The third-order valence-electron chi connectivity index (χ3n) is 5.64. The molecule has 5 nitrogen and oxygen atoms in total. The van der Waals surface area contributed by atoms with E-state index in [4.69, 9.17) is 0 Å². The maximum Gasteiger partial charge on any atom is 0.416 e. The number of rotatable bonds is 3. The Balaban J connectivity index is 1.74. The number of nitrogens with one attached hydrogen (secondary N) is 1. The number of benzene rings is 1. The zero-order chi connectivity index (χ0) is 20.8. The molecule has 2 amide bonds. The maximum atomic E-state index is 13.1. The second-order valence-electron chi connectivity index (χ2n) is 7.64. The van der Waals surface area contributed by atoms with E-state index in [-0.39, 0.29) is 18.1 Å². The lowest BCUT2D eigenvalue weighted by molar-refractivity contribution is -0.137. The Morgan fingerprint density at radius 2 is 2.10 bits per heavy atom. The number of pyridine rings is 1. The Morgan fingerprint density at radius 3 is 2.83 bits per heavy atom. The molecule has 2 aliphatic rings. The minimum atomic E-state index is -4.42.